The summed E-state index contributed by atoms with van der Waals surface area (Å²) in [7, 11) is -3.74. The van der Waals surface area contributed by atoms with Crippen molar-refractivity contribution in [3.63, 3.8) is 0 Å². The molecule has 2 amide bonds. The third-order valence-electron chi connectivity index (χ3n) is 5.31. The lowest BCUT2D eigenvalue weighted by molar-refractivity contribution is -0.139. The maximum absolute atomic E-state index is 11.9. The molecule has 0 aliphatic carbocycles. The van der Waals surface area contributed by atoms with Crippen LogP contribution >= 0.6 is 0 Å². The first-order chi connectivity index (χ1) is 14.7. The summed E-state index contributed by atoms with van der Waals surface area (Å²) in [5.41, 5.74) is 0. The number of carboxylic acids is 1. The highest BCUT2D eigenvalue weighted by Crippen LogP contribution is 2.19. The van der Waals surface area contributed by atoms with Gasteiger partial charge in [0.15, 0.2) is 0 Å². The van der Waals surface area contributed by atoms with Gasteiger partial charge >= 0.3 is 5.97 Å². The first-order valence-corrected chi connectivity index (χ1v) is 12.9. The lowest BCUT2D eigenvalue weighted by Gasteiger charge is -2.22. The molecule has 0 aromatic rings. The quantitative estimate of drug-likeness (QED) is 0.207. The molecule has 5 N–H and O–H groups in total. The van der Waals surface area contributed by atoms with Crippen molar-refractivity contribution in [2.24, 2.45) is 5.92 Å². The molecule has 10 nitrogen and oxygen atoms in total. The summed E-state index contributed by atoms with van der Waals surface area (Å²) >= 11 is 0. The van der Waals surface area contributed by atoms with Crippen LogP contribution in [0.15, 0.2) is 0 Å². The summed E-state index contributed by atoms with van der Waals surface area (Å²) in [4.78, 5) is 35.0. The summed E-state index contributed by atoms with van der Waals surface area (Å²) in [5.74, 6) is -1.57. The van der Waals surface area contributed by atoms with E-state index >= 15 is 0 Å². The van der Waals surface area contributed by atoms with Crippen LogP contribution in [-0.2, 0) is 24.4 Å². The SMILES string of the molecule is CCCCS(=O)(=O)NC(CNC(=O)CNC(=O)CCCCCC1CCNCC1)C(=O)O. The molecular weight excluding hydrogens is 424 g/mol. The van der Waals surface area contributed by atoms with E-state index in [-0.39, 0.29) is 18.2 Å². The zero-order chi connectivity index (χ0) is 23.1. The Hall–Kier alpha value is -1.72. The minimum atomic E-state index is -3.74. The van der Waals surface area contributed by atoms with Crippen LogP contribution in [0.25, 0.3) is 0 Å². The second-order valence-corrected chi connectivity index (χ2v) is 9.93. The number of amides is 2. The highest BCUT2D eigenvalue weighted by Gasteiger charge is 2.24. The third-order valence-corrected chi connectivity index (χ3v) is 6.78. The number of sulfonamides is 1. The van der Waals surface area contributed by atoms with Crippen molar-refractivity contribution in [3.05, 3.63) is 0 Å². The first kappa shape index (κ1) is 27.3. The van der Waals surface area contributed by atoms with Crippen LogP contribution in [0, 0.1) is 5.92 Å². The van der Waals surface area contributed by atoms with Gasteiger partial charge in [0.2, 0.25) is 21.8 Å². The van der Waals surface area contributed by atoms with Crippen LogP contribution in [0.2, 0.25) is 0 Å². The molecule has 180 valence electrons. The van der Waals surface area contributed by atoms with Gasteiger partial charge in [-0.05, 0) is 44.7 Å². The zero-order valence-electron chi connectivity index (χ0n) is 18.5. The molecule has 1 fully saturated rings. The van der Waals surface area contributed by atoms with E-state index in [1.807, 2.05) is 6.92 Å². The van der Waals surface area contributed by atoms with Crippen molar-refractivity contribution in [1.82, 2.24) is 20.7 Å². The highest BCUT2D eigenvalue weighted by molar-refractivity contribution is 7.89. The van der Waals surface area contributed by atoms with E-state index in [0.717, 1.165) is 38.3 Å². The Kier molecular flexibility index (Phi) is 13.3. The van der Waals surface area contributed by atoms with Gasteiger partial charge in [-0.15, -0.1) is 0 Å². The topological polar surface area (TPSA) is 154 Å². The maximum atomic E-state index is 11.9. The predicted molar refractivity (Wildman–Crippen MR) is 118 cm³/mol. The summed E-state index contributed by atoms with van der Waals surface area (Å²) in [6, 6.07) is -1.46. The number of carboxylic acid groups (broad SMARTS) is 1. The van der Waals surface area contributed by atoms with E-state index in [2.05, 4.69) is 20.7 Å². The van der Waals surface area contributed by atoms with Crippen LogP contribution in [0.1, 0.15) is 64.7 Å². The molecule has 0 aromatic carbocycles. The molecule has 1 heterocycles. The molecule has 0 aromatic heterocycles. The number of carbonyl (C=O) groups excluding carboxylic acids is 2. The molecule has 1 aliphatic heterocycles. The van der Waals surface area contributed by atoms with Crippen LogP contribution in [-0.4, -0.2) is 69.3 Å². The first-order valence-electron chi connectivity index (χ1n) is 11.2. The molecular formula is C20H38N4O6S. The minimum Gasteiger partial charge on any atom is -0.480 e. The average molecular weight is 463 g/mol. The normalized spacial score (nSPS) is 15.9. The van der Waals surface area contributed by atoms with Crippen molar-refractivity contribution in [2.75, 3.05) is 31.9 Å². The fourth-order valence-electron chi connectivity index (χ4n) is 3.40. The molecule has 1 rings (SSSR count). The van der Waals surface area contributed by atoms with Gasteiger partial charge in [0.25, 0.3) is 0 Å². The molecule has 0 saturated carbocycles. The van der Waals surface area contributed by atoms with E-state index in [9.17, 15) is 22.8 Å². The van der Waals surface area contributed by atoms with Crippen molar-refractivity contribution < 1.29 is 27.9 Å². The number of aliphatic carboxylic acids is 1. The van der Waals surface area contributed by atoms with Crippen LogP contribution in [0.4, 0.5) is 0 Å². The molecule has 31 heavy (non-hydrogen) atoms. The number of piperidine rings is 1. The van der Waals surface area contributed by atoms with Gasteiger partial charge in [-0.2, -0.15) is 4.72 Å². The molecule has 1 saturated heterocycles. The smallest absolute Gasteiger partial charge is 0.323 e. The number of unbranched alkanes of at least 4 members (excludes halogenated alkanes) is 3. The Morgan fingerprint density at radius 2 is 1.74 bits per heavy atom. The highest BCUT2D eigenvalue weighted by atomic mass is 32.2. The Morgan fingerprint density at radius 1 is 1.03 bits per heavy atom. The molecule has 1 unspecified atom stereocenters. The van der Waals surface area contributed by atoms with Crippen LogP contribution in [0.3, 0.4) is 0 Å². The zero-order valence-corrected chi connectivity index (χ0v) is 19.3. The largest absolute Gasteiger partial charge is 0.480 e. The predicted octanol–water partition coefficient (Wildman–Crippen LogP) is 0.342. The number of carbonyl (C=O) groups is 3. The second-order valence-electron chi connectivity index (χ2n) is 8.05. The fourth-order valence-corrected chi connectivity index (χ4v) is 4.81. The van der Waals surface area contributed by atoms with E-state index < -0.39 is 34.5 Å². The van der Waals surface area contributed by atoms with Crippen molar-refractivity contribution in [2.45, 2.75) is 70.8 Å². The van der Waals surface area contributed by atoms with Gasteiger partial charge in [-0.3, -0.25) is 14.4 Å². The Morgan fingerprint density at radius 3 is 2.39 bits per heavy atom. The summed E-state index contributed by atoms with van der Waals surface area (Å²) in [6.45, 7) is 3.34. The molecule has 0 bridgehead atoms. The Labute approximate surface area is 185 Å². The van der Waals surface area contributed by atoms with E-state index in [1.165, 1.54) is 19.3 Å². The number of rotatable bonds is 16. The van der Waals surface area contributed by atoms with E-state index in [4.69, 9.17) is 5.11 Å². The number of nitrogens with one attached hydrogen (secondary N) is 4. The van der Waals surface area contributed by atoms with Gasteiger partial charge in [-0.25, -0.2) is 8.42 Å². The Bertz CT molecular complexity index is 665. The monoisotopic (exact) mass is 462 g/mol. The van der Waals surface area contributed by atoms with Crippen LogP contribution in [0.5, 0.6) is 0 Å². The minimum absolute atomic E-state index is 0.171. The Balaban J connectivity index is 2.17. The summed E-state index contributed by atoms with van der Waals surface area (Å²) in [5, 5.41) is 17.4. The van der Waals surface area contributed by atoms with Gasteiger partial charge in [0.1, 0.15) is 6.04 Å². The number of hydrogen-bond donors (Lipinski definition) is 5. The molecule has 0 radical (unpaired) electrons. The van der Waals surface area contributed by atoms with Gasteiger partial charge < -0.3 is 21.1 Å². The van der Waals surface area contributed by atoms with E-state index in [0.29, 0.717) is 19.3 Å². The van der Waals surface area contributed by atoms with Crippen molar-refractivity contribution in [3.8, 4) is 0 Å². The lowest BCUT2D eigenvalue weighted by atomic mass is 9.92. The molecule has 1 aliphatic rings. The molecule has 0 spiro atoms. The number of hydrogen-bond acceptors (Lipinski definition) is 6. The third kappa shape index (κ3) is 13.3. The maximum Gasteiger partial charge on any atom is 0.323 e. The van der Waals surface area contributed by atoms with Crippen molar-refractivity contribution in [1.29, 1.82) is 0 Å². The van der Waals surface area contributed by atoms with E-state index in [1.54, 1.807) is 0 Å². The van der Waals surface area contributed by atoms with Gasteiger partial charge in [0.05, 0.1) is 12.3 Å². The standard InChI is InChI=1S/C20H38N4O6S/c1-2-3-13-31(29,30)24-17(20(27)28)14-22-19(26)15-23-18(25)8-6-4-5-7-16-9-11-21-12-10-16/h16-17,21,24H,2-15H2,1H3,(H,22,26)(H,23,25)(H,27,28). The fraction of sp³-hybridized carbons (Fsp3) is 0.850. The average Bonchev–Trinajstić information content (AvgIpc) is 2.74. The summed E-state index contributed by atoms with van der Waals surface area (Å²) in [6.07, 6.45) is 7.89. The van der Waals surface area contributed by atoms with Gasteiger partial charge in [0, 0.05) is 13.0 Å². The molecule has 1 atom stereocenters. The van der Waals surface area contributed by atoms with Crippen molar-refractivity contribution >= 4 is 27.8 Å². The molecule has 11 heteroatoms. The second kappa shape index (κ2) is 15.1. The lowest BCUT2D eigenvalue weighted by Crippen LogP contribution is -2.50. The van der Waals surface area contributed by atoms with Gasteiger partial charge in [-0.1, -0.05) is 32.6 Å². The summed E-state index contributed by atoms with van der Waals surface area (Å²) < 4.78 is 25.8. The van der Waals surface area contributed by atoms with Crippen LogP contribution < -0.4 is 20.7 Å².